The lowest BCUT2D eigenvalue weighted by atomic mass is 10.1. The largest absolute Gasteiger partial charge is 0.447 e. The molecule has 1 aliphatic rings. The molecule has 1 atom stereocenters. The molecule has 3 heterocycles. The molecule has 2 aromatic heterocycles. The van der Waals surface area contributed by atoms with Crippen LogP contribution in [0, 0.1) is 6.92 Å². The van der Waals surface area contributed by atoms with E-state index in [0.29, 0.717) is 38.5 Å². The predicted octanol–water partition coefficient (Wildman–Crippen LogP) is 4.85. The molecule has 33 heavy (non-hydrogen) atoms. The molecule has 5 rings (SSSR count). The Morgan fingerprint density at radius 1 is 1.09 bits per heavy atom. The van der Waals surface area contributed by atoms with Gasteiger partial charge in [-0.1, -0.05) is 59.8 Å². The summed E-state index contributed by atoms with van der Waals surface area (Å²) in [6.07, 6.45) is 0.958. The Morgan fingerprint density at radius 3 is 2.55 bits per heavy atom. The maximum absolute atomic E-state index is 13.0. The van der Waals surface area contributed by atoms with Crippen molar-refractivity contribution in [2.45, 2.75) is 25.2 Å². The quantitative estimate of drug-likeness (QED) is 0.389. The SMILES string of the molecule is CSc1nnc2c(n1)O[C@H](c1c(C)nn(-c3ccccc3)c1Cl)N(C(C)=O)c1ccccc1-2. The van der Waals surface area contributed by atoms with Crippen LogP contribution in [0.2, 0.25) is 5.15 Å². The smallest absolute Gasteiger partial charge is 0.247 e. The van der Waals surface area contributed by atoms with E-state index in [9.17, 15) is 4.79 Å². The highest BCUT2D eigenvalue weighted by atomic mass is 35.5. The van der Waals surface area contributed by atoms with Gasteiger partial charge in [-0.3, -0.25) is 9.69 Å². The number of anilines is 1. The molecule has 10 heteroatoms. The number of halogens is 1. The number of carbonyl (C=O) groups is 1. The second-order valence-electron chi connectivity index (χ2n) is 7.37. The Kier molecular flexibility index (Phi) is 5.51. The third kappa shape index (κ3) is 3.63. The van der Waals surface area contributed by atoms with E-state index < -0.39 is 6.23 Å². The van der Waals surface area contributed by atoms with Crippen molar-refractivity contribution in [3.05, 3.63) is 71.0 Å². The number of fused-ring (bicyclic) bond motifs is 3. The van der Waals surface area contributed by atoms with E-state index in [4.69, 9.17) is 16.3 Å². The average molecular weight is 479 g/mol. The Hall–Kier alpha value is -3.43. The first kappa shape index (κ1) is 21.4. The van der Waals surface area contributed by atoms with Crippen LogP contribution in [-0.4, -0.2) is 37.1 Å². The summed E-state index contributed by atoms with van der Waals surface area (Å²) in [5, 5.41) is 14.0. The molecule has 1 aliphatic heterocycles. The number of ether oxygens (including phenoxy) is 1. The van der Waals surface area contributed by atoms with E-state index in [1.54, 1.807) is 9.58 Å². The number of nitrogens with zero attached hydrogens (tertiary/aromatic N) is 6. The van der Waals surface area contributed by atoms with Crippen LogP contribution in [-0.2, 0) is 4.79 Å². The monoisotopic (exact) mass is 478 g/mol. The van der Waals surface area contributed by atoms with Crippen molar-refractivity contribution < 1.29 is 9.53 Å². The predicted molar refractivity (Wildman–Crippen MR) is 127 cm³/mol. The summed E-state index contributed by atoms with van der Waals surface area (Å²) in [7, 11) is 0. The number of hydrogen-bond donors (Lipinski definition) is 0. The fourth-order valence-electron chi connectivity index (χ4n) is 3.86. The molecular weight excluding hydrogens is 460 g/mol. The highest BCUT2D eigenvalue weighted by Crippen LogP contribution is 2.45. The number of aromatic nitrogens is 5. The van der Waals surface area contributed by atoms with E-state index in [-0.39, 0.29) is 11.8 Å². The van der Waals surface area contributed by atoms with Crippen LogP contribution >= 0.6 is 23.4 Å². The van der Waals surface area contributed by atoms with Gasteiger partial charge in [0.25, 0.3) is 0 Å². The Labute approximate surface area is 199 Å². The second-order valence-corrected chi connectivity index (χ2v) is 8.50. The Bertz CT molecular complexity index is 1360. The number of rotatable bonds is 3. The maximum Gasteiger partial charge on any atom is 0.247 e. The summed E-state index contributed by atoms with van der Waals surface area (Å²) in [5.41, 5.74) is 3.79. The first-order valence-corrected chi connectivity index (χ1v) is 11.7. The number of para-hydroxylation sites is 2. The van der Waals surface area contributed by atoms with Gasteiger partial charge in [0.05, 0.1) is 22.6 Å². The van der Waals surface area contributed by atoms with Gasteiger partial charge < -0.3 is 4.74 Å². The number of thioether (sulfide) groups is 1. The maximum atomic E-state index is 13.0. The molecule has 166 valence electrons. The van der Waals surface area contributed by atoms with Crippen molar-refractivity contribution in [2.24, 2.45) is 0 Å². The topological polar surface area (TPSA) is 86.0 Å². The van der Waals surface area contributed by atoms with Crippen LogP contribution in [0.4, 0.5) is 5.69 Å². The molecular formula is C23H19ClN6O2S. The first-order chi connectivity index (χ1) is 16.0. The molecule has 4 aromatic rings. The van der Waals surface area contributed by atoms with Gasteiger partial charge in [0.1, 0.15) is 5.15 Å². The summed E-state index contributed by atoms with van der Waals surface area (Å²) in [4.78, 5) is 19.1. The zero-order valence-corrected chi connectivity index (χ0v) is 19.6. The van der Waals surface area contributed by atoms with Gasteiger partial charge in [0, 0.05) is 12.5 Å². The number of amides is 1. The lowest BCUT2D eigenvalue weighted by Gasteiger charge is -2.29. The standard InChI is InChI=1S/C23H19ClN6O2S/c1-13-18(20(24)30(28-13)15-9-5-4-6-10-15)22-29(14(2)31)17-12-8-7-11-16(17)19-21(32-22)25-23(33-3)27-26-19/h4-12,22H,1-3H3/t22-/m1/s1. The molecule has 8 nitrogen and oxygen atoms in total. The number of benzene rings is 2. The molecule has 0 saturated heterocycles. The fraction of sp³-hybridized carbons (Fsp3) is 0.174. The van der Waals surface area contributed by atoms with Gasteiger partial charge in [-0.2, -0.15) is 10.1 Å². The van der Waals surface area contributed by atoms with E-state index >= 15 is 0 Å². The van der Waals surface area contributed by atoms with Crippen molar-refractivity contribution in [2.75, 3.05) is 11.2 Å². The minimum Gasteiger partial charge on any atom is -0.447 e. The number of carbonyl (C=O) groups excluding carboxylic acids is 1. The van der Waals surface area contributed by atoms with E-state index in [2.05, 4.69) is 20.3 Å². The van der Waals surface area contributed by atoms with Crippen molar-refractivity contribution in [3.63, 3.8) is 0 Å². The molecule has 0 saturated carbocycles. The third-order valence-corrected chi connectivity index (χ3v) is 6.23. The van der Waals surface area contributed by atoms with Crippen molar-refractivity contribution in [3.8, 4) is 22.8 Å². The summed E-state index contributed by atoms with van der Waals surface area (Å²) >= 11 is 8.22. The molecule has 0 radical (unpaired) electrons. The van der Waals surface area contributed by atoms with E-state index in [0.717, 1.165) is 5.69 Å². The van der Waals surface area contributed by atoms with E-state index in [1.807, 2.05) is 67.8 Å². The van der Waals surface area contributed by atoms with Crippen molar-refractivity contribution in [1.29, 1.82) is 0 Å². The Balaban J connectivity index is 1.75. The van der Waals surface area contributed by atoms with Crippen LogP contribution < -0.4 is 9.64 Å². The lowest BCUT2D eigenvalue weighted by molar-refractivity contribution is -0.118. The summed E-state index contributed by atoms with van der Waals surface area (Å²) in [6, 6.07) is 17.0. The van der Waals surface area contributed by atoms with Crippen LogP contribution in [0.15, 0.2) is 59.8 Å². The molecule has 2 aromatic carbocycles. The second kappa shape index (κ2) is 8.49. The third-order valence-electron chi connectivity index (χ3n) is 5.33. The van der Waals surface area contributed by atoms with Crippen LogP contribution in [0.1, 0.15) is 24.4 Å². The molecule has 0 spiro atoms. The summed E-state index contributed by atoms with van der Waals surface area (Å²) in [6.45, 7) is 3.33. The van der Waals surface area contributed by atoms with Crippen LogP contribution in [0.3, 0.4) is 0 Å². The summed E-state index contributed by atoms with van der Waals surface area (Å²) < 4.78 is 8.03. The molecule has 0 bridgehead atoms. The zero-order chi connectivity index (χ0) is 23.1. The van der Waals surface area contributed by atoms with Crippen LogP contribution in [0.5, 0.6) is 5.88 Å². The molecule has 0 N–H and O–H groups in total. The molecule has 0 unspecified atom stereocenters. The van der Waals surface area contributed by atoms with Gasteiger partial charge in [-0.25, -0.2) is 4.68 Å². The summed E-state index contributed by atoms with van der Waals surface area (Å²) in [5.74, 6) is 0.0553. The minimum absolute atomic E-state index is 0.221. The van der Waals surface area contributed by atoms with Crippen molar-refractivity contribution >= 4 is 35.0 Å². The highest BCUT2D eigenvalue weighted by Gasteiger charge is 2.38. The average Bonchev–Trinajstić information content (AvgIpc) is 3.04. The molecule has 1 amide bonds. The van der Waals surface area contributed by atoms with Gasteiger partial charge in [0.2, 0.25) is 23.2 Å². The minimum atomic E-state index is -0.902. The number of aryl methyl sites for hydroxylation is 1. The normalized spacial score (nSPS) is 14.8. The number of hydrogen-bond acceptors (Lipinski definition) is 7. The zero-order valence-electron chi connectivity index (χ0n) is 18.1. The fourth-order valence-corrected chi connectivity index (χ4v) is 4.52. The van der Waals surface area contributed by atoms with Gasteiger partial charge in [0.15, 0.2) is 5.69 Å². The van der Waals surface area contributed by atoms with Gasteiger partial charge >= 0.3 is 0 Å². The van der Waals surface area contributed by atoms with Crippen LogP contribution in [0.25, 0.3) is 16.9 Å². The van der Waals surface area contributed by atoms with E-state index in [1.165, 1.54) is 18.7 Å². The molecule has 0 fully saturated rings. The Morgan fingerprint density at radius 2 is 1.82 bits per heavy atom. The lowest BCUT2D eigenvalue weighted by Crippen LogP contribution is -2.36. The van der Waals surface area contributed by atoms with Crippen molar-refractivity contribution in [1.82, 2.24) is 25.0 Å². The first-order valence-electron chi connectivity index (χ1n) is 10.1. The van der Waals surface area contributed by atoms with Gasteiger partial charge in [-0.15, -0.1) is 10.2 Å². The van der Waals surface area contributed by atoms with Gasteiger partial charge in [-0.05, 0) is 31.4 Å². The molecule has 0 aliphatic carbocycles. The highest BCUT2D eigenvalue weighted by molar-refractivity contribution is 7.98.